The van der Waals surface area contributed by atoms with E-state index in [1.807, 2.05) is 30.3 Å². The van der Waals surface area contributed by atoms with Crippen molar-refractivity contribution < 1.29 is 50.5 Å². The number of anilines is 1. The number of carboxylic acids is 1. The summed E-state index contributed by atoms with van der Waals surface area (Å²) in [6.45, 7) is 5.04. The molecular formula is C28H35N3O11S2. The molecule has 1 fully saturated rings. The number of piperazine rings is 1. The molecule has 0 saturated carbocycles. The number of hydrogen-bond acceptors (Lipinski definition) is 10. The number of phenols is 1. The summed E-state index contributed by atoms with van der Waals surface area (Å²) in [4.78, 5) is 27.0. The van der Waals surface area contributed by atoms with E-state index in [-0.39, 0.29) is 22.6 Å². The molecule has 0 radical (unpaired) electrons. The monoisotopic (exact) mass is 653 g/mol. The topological polar surface area (TPSA) is 220 Å². The maximum absolute atomic E-state index is 13.0. The van der Waals surface area contributed by atoms with Gasteiger partial charge in [-0.15, -0.1) is 0 Å². The summed E-state index contributed by atoms with van der Waals surface area (Å²) < 4.78 is 57.5. The van der Waals surface area contributed by atoms with Crippen LogP contribution in [-0.2, 0) is 20.2 Å². The lowest BCUT2D eigenvalue weighted by Gasteiger charge is -2.26. The quantitative estimate of drug-likeness (QED) is 0.192. The van der Waals surface area contributed by atoms with Gasteiger partial charge in [-0.05, 0) is 41.5 Å². The van der Waals surface area contributed by atoms with Crippen molar-refractivity contribution in [3.8, 4) is 22.6 Å². The summed E-state index contributed by atoms with van der Waals surface area (Å²) in [5.41, 5.74) is 1.74. The van der Waals surface area contributed by atoms with E-state index < -0.39 is 32.1 Å². The Balaban J connectivity index is 0.000000586. The summed E-state index contributed by atoms with van der Waals surface area (Å²) in [6.07, 6.45) is 1.43. The molecule has 16 heteroatoms. The lowest BCUT2D eigenvalue weighted by Crippen LogP contribution is -2.44. The Morgan fingerprint density at radius 2 is 1.45 bits per heavy atom. The molecule has 1 aliphatic rings. The van der Waals surface area contributed by atoms with Gasteiger partial charge in [0, 0.05) is 32.7 Å². The molecule has 44 heavy (non-hydrogen) atoms. The van der Waals surface area contributed by atoms with Gasteiger partial charge in [0.2, 0.25) is 0 Å². The van der Waals surface area contributed by atoms with Crippen LogP contribution in [0.15, 0.2) is 66.7 Å². The summed E-state index contributed by atoms with van der Waals surface area (Å²) >= 11 is 0. The van der Waals surface area contributed by atoms with Crippen LogP contribution in [0.4, 0.5) is 5.69 Å². The molecule has 0 bridgehead atoms. The second kappa shape index (κ2) is 16.7. The highest BCUT2D eigenvalue weighted by Gasteiger charge is 2.18. The van der Waals surface area contributed by atoms with Crippen LogP contribution in [0.25, 0.3) is 11.1 Å². The van der Waals surface area contributed by atoms with Crippen molar-refractivity contribution in [2.45, 2.75) is 0 Å². The number of phenolic OH excluding ortho intramolecular Hbond substituents is 1. The van der Waals surface area contributed by atoms with E-state index in [2.05, 4.69) is 15.5 Å². The standard InChI is InChI=1S/C26H27N3O5.2CH4O3S/c30-24-9-7-20(34-15-14-29-12-10-27-11-13-29)17-22(24)25(31)28-23-16-19(6-8-21(23)26(32)33)18-4-2-1-3-5-18;2*1-5(2,3)4/h1-9,16-17,27,30H,10-15H2,(H,28,31)(H,32,33);2*1H3,(H,2,3,4). The molecule has 6 N–H and O–H groups in total. The summed E-state index contributed by atoms with van der Waals surface area (Å²) in [5.74, 6) is -1.56. The number of rotatable bonds is 8. The number of benzene rings is 3. The Kier molecular flexibility index (Phi) is 13.7. The Morgan fingerprint density at radius 3 is 2.02 bits per heavy atom. The number of hydrogen-bond donors (Lipinski definition) is 6. The van der Waals surface area contributed by atoms with Crippen LogP contribution in [0.1, 0.15) is 20.7 Å². The van der Waals surface area contributed by atoms with E-state index in [0.717, 1.165) is 43.9 Å². The third-order valence-corrected chi connectivity index (χ3v) is 5.70. The summed E-state index contributed by atoms with van der Waals surface area (Å²) in [7, 11) is -7.33. The first-order chi connectivity index (χ1) is 20.5. The zero-order valence-electron chi connectivity index (χ0n) is 24.0. The zero-order chi connectivity index (χ0) is 32.9. The van der Waals surface area contributed by atoms with Crippen LogP contribution >= 0.6 is 0 Å². The molecule has 4 rings (SSSR count). The molecule has 0 spiro atoms. The number of amides is 1. The lowest BCUT2D eigenvalue weighted by atomic mass is 10.0. The first kappa shape index (κ1) is 36.1. The smallest absolute Gasteiger partial charge is 0.337 e. The number of carboxylic acid groups (broad SMARTS) is 1. The van der Waals surface area contributed by atoms with Crippen molar-refractivity contribution in [3.05, 3.63) is 77.9 Å². The Morgan fingerprint density at radius 1 is 0.864 bits per heavy atom. The molecule has 240 valence electrons. The van der Waals surface area contributed by atoms with Gasteiger partial charge in [0.1, 0.15) is 18.1 Å². The fourth-order valence-electron chi connectivity index (χ4n) is 3.85. The van der Waals surface area contributed by atoms with Gasteiger partial charge < -0.3 is 25.6 Å². The van der Waals surface area contributed by atoms with Crippen LogP contribution in [0, 0.1) is 0 Å². The predicted molar refractivity (Wildman–Crippen MR) is 165 cm³/mol. The molecular weight excluding hydrogens is 618 g/mol. The average molecular weight is 654 g/mol. The van der Waals surface area contributed by atoms with E-state index in [0.29, 0.717) is 24.9 Å². The van der Waals surface area contributed by atoms with Gasteiger partial charge in [0.05, 0.1) is 29.3 Å². The van der Waals surface area contributed by atoms with Crippen molar-refractivity contribution in [1.29, 1.82) is 0 Å². The first-order valence-electron chi connectivity index (χ1n) is 13.0. The fraction of sp³-hybridized carbons (Fsp3) is 0.286. The largest absolute Gasteiger partial charge is 0.507 e. The maximum atomic E-state index is 13.0. The zero-order valence-corrected chi connectivity index (χ0v) is 25.6. The first-order valence-corrected chi connectivity index (χ1v) is 16.7. The number of nitrogens with one attached hydrogen (secondary N) is 2. The number of aromatic carboxylic acids is 1. The van der Waals surface area contributed by atoms with Gasteiger partial charge in [-0.2, -0.15) is 16.8 Å². The highest BCUT2D eigenvalue weighted by Crippen LogP contribution is 2.28. The third-order valence-electron chi connectivity index (χ3n) is 5.70. The van der Waals surface area contributed by atoms with Crippen molar-refractivity contribution in [2.75, 3.05) is 57.2 Å². The van der Waals surface area contributed by atoms with E-state index in [9.17, 15) is 36.6 Å². The molecule has 0 aromatic heterocycles. The van der Waals surface area contributed by atoms with Gasteiger partial charge >= 0.3 is 5.97 Å². The average Bonchev–Trinajstić information content (AvgIpc) is 2.93. The Hall–Kier alpha value is -4.06. The molecule has 1 amide bonds. The van der Waals surface area contributed by atoms with E-state index in [4.69, 9.17) is 13.8 Å². The Labute approximate surface area is 255 Å². The molecule has 3 aromatic carbocycles. The van der Waals surface area contributed by atoms with Crippen LogP contribution in [-0.4, -0.2) is 105 Å². The number of aromatic hydroxyl groups is 1. The number of nitrogens with zero attached hydrogens (tertiary/aromatic N) is 1. The normalized spacial score (nSPS) is 13.4. The molecule has 1 heterocycles. The maximum Gasteiger partial charge on any atom is 0.337 e. The van der Waals surface area contributed by atoms with Crippen molar-refractivity contribution >= 4 is 37.8 Å². The highest BCUT2D eigenvalue weighted by molar-refractivity contribution is 7.85. The SMILES string of the molecule is CS(=O)(=O)O.CS(=O)(=O)O.O=C(Nc1cc(-c2ccccc2)ccc1C(=O)O)c1cc(OCCN2CCNCC2)ccc1O. The van der Waals surface area contributed by atoms with Crippen molar-refractivity contribution in [2.24, 2.45) is 0 Å². The van der Waals surface area contributed by atoms with Gasteiger partial charge in [-0.3, -0.25) is 18.8 Å². The van der Waals surface area contributed by atoms with E-state index in [1.165, 1.54) is 18.2 Å². The minimum absolute atomic E-state index is 0.00104. The van der Waals surface area contributed by atoms with E-state index >= 15 is 0 Å². The van der Waals surface area contributed by atoms with Gasteiger partial charge in [0.25, 0.3) is 26.1 Å². The molecule has 0 unspecified atom stereocenters. The van der Waals surface area contributed by atoms with Crippen LogP contribution < -0.4 is 15.4 Å². The van der Waals surface area contributed by atoms with Gasteiger partial charge in [-0.25, -0.2) is 4.79 Å². The number of ether oxygens (including phenoxy) is 1. The lowest BCUT2D eigenvalue weighted by molar-refractivity contribution is 0.0698. The van der Waals surface area contributed by atoms with Crippen LogP contribution in [0.3, 0.4) is 0 Å². The molecule has 0 aliphatic carbocycles. The molecule has 0 atom stereocenters. The second-order valence-electron chi connectivity index (χ2n) is 9.47. The minimum Gasteiger partial charge on any atom is -0.507 e. The summed E-state index contributed by atoms with van der Waals surface area (Å²) in [5, 5.41) is 25.8. The molecule has 3 aromatic rings. The molecule has 14 nitrogen and oxygen atoms in total. The van der Waals surface area contributed by atoms with Gasteiger partial charge in [0.15, 0.2) is 0 Å². The van der Waals surface area contributed by atoms with E-state index in [1.54, 1.807) is 18.2 Å². The molecule has 1 aliphatic heterocycles. The van der Waals surface area contributed by atoms with Crippen LogP contribution in [0.5, 0.6) is 11.5 Å². The third kappa shape index (κ3) is 14.4. The minimum atomic E-state index is -3.67. The molecule has 1 saturated heterocycles. The number of carbonyl (C=O) groups is 2. The summed E-state index contributed by atoms with van der Waals surface area (Å²) in [6, 6.07) is 18.7. The second-order valence-corrected chi connectivity index (χ2v) is 12.4. The van der Waals surface area contributed by atoms with Gasteiger partial charge in [-0.1, -0.05) is 36.4 Å². The van der Waals surface area contributed by atoms with Crippen molar-refractivity contribution in [3.63, 3.8) is 0 Å². The highest BCUT2D eigenvalue weighted by atomic mass is 32.2. The van der Waals surface area contributed by atoms with Crippen molar-refractivity contribution in [1.82, 2.24) is 10.2 Å². The number of carbonyl (C=O) groups excluding carboxylic acids is 1. The van der Waals surface area contributed by atoms with Crippen LogP contribution in [0.2, 0.25) is 0 Å². The predicted octanol–water partition coefficient (Wildman–Crippen LogP) is 2.30. The fourth-order valence-corrected chi connectivity index (χ4v) is 3.85. The Bertz CT molecular complexity index is 1580.